The average Bonchev–Trinajstić information content (AvgIpc) is 2.51. The molecular weight excluding hydrogens is 226 g/mol. The third-order valence-electron chi connectivity index (χ3n) is 3.77. The molecule has 0 bridgehead atoms. The normalized spacial score (nSPS) is 25.2. The van der Waals surface area contributed by atoms with Crippen LogP contribution in [0.5, 0.6) is 0 Å². The van der Waals surface area contributed by atoms with Crippen LogP contribution in [-0.4, -0.2) is 43.0 Å². The molecule has 1 aromatic carbocycles. The molecule has 1 aromatic rings. The average molecular weight is 247 g/mol. The van der Waals surface area contributed by atoms with Gasteiger partial charge in [0.15, 0.2) is 0 Å². The molecule has 0 radical (unpaired) electrons. The highest BCUT2D eigenvalue weighted by Crippen LogP contribution is 2.22. The zero-order chi connectivity index (χ0) is 13.1. The maximum absolute atomic E-state index is 12.4. The van der Waals surface area contributed by atoms with Crippen molar-refractivity contribution >= 4 is 11.6 Å². The quantitative estimate of drug-likeness (QED) is 0.850. The summed E-state index contributed by atoms with van der Waals surface area (Å²) >= 11 is 0. The fourth-order valence-corrected chi connectivity index (χ4v) is 2.42. The van der Waals surface area contributed by atoms with Gasteiger partial charge in [-0.3, -0.25) is 4.79 Å². The first-order valence-electron chi connectivity index (χ1n) is 6.43. The summed E-state index contributed by atoms with van der Waals surface area (Å²) in [5, 5.41) is 0. The molecule has 2 atom stereocenters. The summed E-state index contributed by atoms with van der Waals surface area (Å²) in [4.78, 5) is 16.3. The Bertz CT molecular complexity index is 407. The van der Waals surface area contributed by atoms with Gasteiger partial charge in [0.2, 0.25) is 5.91 Å². The van der Waals surface area contributed by atoms with Gasteiger partial charge in [-0.15, -0.1) is 0 Å². The SMILES string of the molecule is CC1CCN(c2ccccc2)C(CN)C(=O)N1C. The highest BCUT2D eigenvalue weighted by molar-refractivity contribution is 5.86. The van der Waals surface area contributed by atoms with E-state index < -0.39 is 0 Å². The van der Waals surface area contributed by atoms with Gasteiger partial charge in [0.05, 0.1) is 0 Å². The van der Waals surface area contributed by atoms with E-state index in [4.69, 9.17) is 5.73 Å². The number of para-hydroxylation sites is 1. The lowest BCUT2D eigenvalue weighted by Gasteiger charge is -2.30. The van der Waals surface area contributed by atoms with Crippen molar-refractivity contribution in [3.05, 3.63) is 30.3 Å². The van der Waals surface area contributed by atoms with Crippen molar-refractivity contribution in [3.63, 3.8) is 0 Å². The van der Waals surface area contributed by atoms with Crippen LogP contribution in [0, 0.1) is 0 Å². The molecule has 1 fully saturated rings. The van der Waals surface area contributed by atoms with Crippen LogP contribution in [0.25, 0.3) is 0 Å². The molecule has 1 aliphatic heterocycles. The van der Waals surface area contributed by atoms with E-state index in [0.29, 0.717) is 6.54 Å². The lowest BCUT2D eigenvalue weighted by atomic mass is 10.2. The van der Waals surface area contributed by atoms with E-state index >= 15 is 0 Å². The zero-order valence-electron chi connectivity index (χ0n) is 11.0. The first-order chi connectivity index (χ1) is 8.65. The van der Waals surface area contributed by atoms with E-state index in [0.717, 1.165) is 18.7 Å². The Kier molecular flexibility index (Phi) is 3.87. The van der Waals surface area contributed by atoms with Crippen LogP contribution in [-0.2, 0) is 4.79 Å². The number of nitrogens with two attached hydrogens (primary N) is 1. The van der Waals surface area contributed by atoms with E-state index in [9.17, 15) is 4.79 Å². The Morgan fingerprint density at radius 2 is 2.00 bits per heavy atom. The molecule has 4 heteroatoms. The van der Waals surface area contributed by atoms with Crippen LogP contribution >= 0.6 is 0 Å². The number of likely N-dealkylation sites (N-methyl/N-ethyl adjacent to an activating group) is 1. The second-order valence-electron chi connectivity index (χ2n) is 4.87. The van der Waals surface area contributed by atoms with Crippen LogP contribution in [0.2, 0.25) is 0 Å². The number of carbonyl (C=O) groups is 1. The summed E-state index contributed by atoms with van der Waals surface area (Å²) in [6.45, 7) is 3.30. The van der Waals surface area contributed by atoms with Crippen molar-refractivity contribution in [3.8, 4) is 0 Å². The second-order valence-corrected chi connectivity index (χ2v) is 4.87. The fraction of sp³-hybridized carbons (Fsp3) is 0.500. The number of nitrogens with zero attached hydrogens (tertiary/aromatic N) is 2. The number of amides is 1. The fourth-order valence-electron chi connectivity index (χ4n) is 2.42. The van der Waals surface area contributed by atoms with Crippen LogP contribution in [0.3, 0.4) is 0 Å². The molecule has 1 aliphatic rings. The largest absolute Gasteiger partial charge is 0.358 e. The van der Waals surface area contributed by atoms with Gasteiger partial charge in [-0.1, -0.05) is 18.2 Å². The van der Waals surface area contributed by atoms with Gasteiger partial charge in [-0.2, -0.15) is 0 Å². The van der Waals surface area contributed by atoms with Gasteiger partial charge in [0.25, 0.3) is 0 Å². The molecule has 1 amide bonds. The van der Waals surface area contributed by atoms with Crippen molar-refractivity contribution in [1.82, 2.24) is 4.90 Å². The highest BCUT2D eigenvalue weighted by Gasteiger charge is 2.32. The summed E-state index contributed by atoms with van der Waals surface area (Å²) in [5.41, 5.74) is 6.88. The van der Waals surface area contributed by atoms with Gasteiger partial charge in [0.1, 0.15) is 6.04 Å². The Morgan fingerprint density at radius 3 is 2.61 bits per heavy atom. The molecule has 0 spiro atoms. The van der Waals surface area contributed by atoms with Gasteiger partial charge < -0.3 is 15.5 Å². The molecule has 1 saturated heterocycles. The maximum Gasteiger partial charge on any atom is 0.246 e. The summed E-state index contributed by atoms with van der Waals surface area (Å²) in [6.07, 6.45) is 0.966. The lowest BCUT2D eigenvalue weighted by molar-refractivity contribution is -0.132. The third kappa shape index (κ3) is 2.34. The minimum Gasteiger partial charge on any atom is -0.358 e. The first-order valence-corrected chi connectivity index (χ1v) is 6.43. The molecule has 0 aliphatic carbocycles. The van der Waals surface area contributed by atoms with Crippen molar-refractivity contribution in [2.24, 2.45) is 5.73 Å². The van der Waals surface area contributed by atoms with Crippen molar-refractivity contribution in [1.29, 1.82) is 0 Å². The molecule has 4 nitrogen and oxygen atoms in total. The van der Waals surface area contributed by atoms with Crippen LogP contribution in [0.15, 0.2) is 30.3 Å². The van der Waals surface area contributed by atoms with Gasteiger partial charge in [-0.05, 0) is 25.5 Å². The monoisotopic (exact) mass is 247 g/mol. The minimum atomic E-state index is -0.248. The van der Waals surface area contributed by atoms with Gasteiger partial charge in [0, 0.05) is 31.9 Å². The van der Waals surface area contributed by atoms with Crippen molar-refractivity contribution in [2.75, 3.05) is 25.0 Å². The summed E-state index contributed by atoms with van der Waals surface area (Å²) in [6, 6.07) is 10.0. The van der Waals surface area contributed by atoms with Gasteiger partial charge in [-0.25, -0.2) is 0 Å². The third-order valence-corrected chi connectivity index (χ3v) is 3.77. The maximum atomic E-state index is 12.4. The lowest BCUT2D eigenvalue weighted by Crippen LogP contribution is -2.50. The van der Waals surface area contributed by atoms with Crippen LogP contribution in [0.4, 0.5) is 5.69 Å². The van der Waals surface area contributed by atoms with E-state index in [-0.39, 0.29) is 18.0 Å². The molecule has 0 aromatic heterocycles. The van der Waals surface area contributed by atoms with E-state index in [1.165, 1.54) is 0 Å². The number of anilines is 1. The number of hydrogen-bond donors (Lipinski definition) is 1. The van der Waals surface area contributed by atoms with E-state index in [1.807, 2.05) is 42.3 Å². The Morgan fingerprint density at radius 1 is 1.33 bits per heavy atom. The van der Waals surface area contributed by atoms with Crippen LogP contribution in [0.1, 0.15) is 13.3 Å². The predicted octanol–water partition coefficient (Wildman–Crippen LogP) is 1.07. The Labute approximate surface area is 108 Å². The molecule has 2 unspecified atom stereocenters. The summed E-state index contributed by atoms with van der Waals surface area (Å²) in [7, 11) is 1.87. The van der Waals surface area contributed by atoms with Crippen LogP contribution < -0.4 is 10.6 Å². The smallest absolute Gasteiger partial charge is 0.246 e. The minimum absolute atomic E-state index is 0.117. The highest BCUT2D eigenvalue weighted by atomic mass is 16.2. The molecule has 1 heterocycles. The molecule has 2 N–H and O–H groups in total. The first kappa shape index (κ1) is 12.9. The van der Waals surface area contributed by atoms with E-state index in [2.05, 4.69) is 11.8 Å². The second kappa shape index (κ2) is 5.40. The number of benzene rings is 1. The van der Waals surface area contributed by atoms with Gasteiger partial charge >= 0.3 is 0 Å². The molecule has 2 rings (SSSR count). The van der Waals surface area contributed by atoms with Crippen molar-refractivity contribution < 1.29 is 4.79 Å². The number of rotatable bonds is 2. The molecule has 0 saturated carbocycles. The predicted molar refractivity (Wildman–Crippen MR) is 73.5 cm³/mol. The molecule has 18 heavy (non-hydrogen) atoms. The molecule has 98 valence electrons. The van der Waals surface area contributed by atoms with E-state index in [1.54, 1.807) is 0 Å². The number of hydrogen-bond acceptors (Lipinski definition) is 3. The Hall–Kier alpha value is -1.55. The molecular formula is C14H21N3O. The summed E-state index contributed by atoms with van der Waals surface area (Å²) < 4.78 is 0. The number of carbonyl (C=O) groups excluding carboxylic acids is 1. The zero-order valence-corrected chi connectivity index (χ0v) is 11.0. The standard InChI is InChI=1S/C14H21N3O/c1-11-8-9-17(12-6-4-3-5-7-12)13(10-15)14(18)16(11)2/h3-7,11,13H,8-10,15H2,1-2H3. The van der Waals surface area contributed by atoms with Crippen molar-refractivity contribution in [2.45, 2.75) is 25.4 Å². The Balaban J connectivity index is 2.31. The summed E-state index contributed by atoms with van der Waals surface area (Å²) in [5.74, 6) is 0.117. The topological polar surface area (TPSA) is 49.6 Å².